The number of anilines is 2. The van der Waals surface area contributed by atoms with E-state index in [1.54, 1.807) is 6.07 Å². The van der Waals surface area contributed by atoms with Gasteiger partial charge in [-0.15, -0.1) is 0 Å². The van der Waals surface area contributed by atoms with Crippen LogP contribution in [0.25, 0.3) is 5.70 Å². The molecule has 0 radical (unpaired) electrons. The summed E-state index contributed by atoms with van der Waals surface area (Å²) in [5, 5.41) is 8.68. The number of benzene rings is 3. The molecule has 0 spiro atoms. The van der Waals surface area contributed by atoms with Gasteiger partial charge in [0, 0.05) is 44.3 Å². The van der Waals surface area contributed by atoms with Crippen molar-refractivity contribution in [1.82, 2.24) is 0 Å². The molecule has 0 amide bonds. The number of aryl methyl sites for hydroxylation is 2. The van der Waals surface area contributed by atoms with E-state index >= 15 is 0 Å². The van der Waals surface area contributed by atoms with Crippen molar-refractivity contribution < 1.29 is 0 Å². The molecule has 3 aromatic carbocycles. The molecule has 3 rings (SSSR count). The standard InChI is InChI=1S/C29H31Cl3N2/c1-17-8-9-24(12-18(17)2)33-19(3)26-16-25(10-11-27(26)32)34-20(4)28(29(5,6)7)21-13-22(30)15-23(31)14-21/h8-16,28,33-34H,3-4H2,1-2,5-7H3. The fraction of sp³-hybridized carbons (Fsp3) is 0.241. The summed E-state index contributed by atoms with van der Waals surface area (Å²) in [6.07, 6.45) is 0. The van der Waals surface area contributed by atoms with Crippen molar-refractivity contribution in [3.05, 3.63) is 111 Å². The minimum atomic E-state index is -0.123. The summed E-state index contributed by atoms with van der Waals surface area (Å²) < 4.78 is 0. The molecule has 178 valence electrons. The molecule has 34 heavy (non-hydrogen) atoms. The normalized spacial score (nSPS) is 12.2. The molecule has 2 N–H and O–H groups in total. The van der Waals surface area contributed by atoms with Crippen LogP contribution in [-0.4, -0.2) is 0 Å². The molecular formula is C29H31Cl3N2. The van der Waals surface area contributed by atoms with Crippen molar-refractivity contribution in [1.29, 1.82) is 0 Å². The first-order valence-electron chi connectivity index (χ1n) is 11.1. The van der Waals surface area contributed by atoms with Crippen molar-refractivity contribution in [2.45, 2.75) is 40.5 Å². The summed E-state index contributed by atoms with van der Waals surface area (Å²) in [4.78, 5) is 0. The zero-order valence-electron chi connectivity index (χ0n) is 20.3. The summed E-state index contributed by atoms with van der Waals surface area (Å²) >= 11 is 19.1. The topological polar surface area (TPSA) is 24.1 Å². The summed E-state index contributed by atoms with van der Waals surface area (Å²) in [5.41, 5.74) is 7.56. The van der Waals surface area contributed by atoms with Gasteiger partial charge in [0.05, 0.1) is 5.02 Å². The molecule has 0 aliphatic carbocycles. The highest BCUT2D eigenvalue weighted by atomic mass is 35.5. The monoisotopic (exact) mass is 512 g/mol. The van der Waals surface area contributed by atoms with Crippen LogP contribution in [0.5, 0.6) is 0 Å². The van der Waals surface area contributed by atoms with Gasteiger partial charge in [-0.2, -0.15) is 0 Å². The van der Waals surface area contributed by atoms with Crippen LogP contribution in [0.3, 0.4) is 0 Å². The molecule has 0 heterocycles. The van der Waals surface area contributed by atoms with E-state index in [2.05, 4.69) is 70.5 Å². The highest BCUT2D eigenvalue weighted by Gasteiger charge is 2.29. The molecule has 0 aliphatic rings. The van der Waals surface area contributed by atoms with Crippen LogP contribution in [0.2, 0.25) is 15.1 Å². The van der Waals surface area contributed by atoms with Gasteiger partial charge in [-0.3, -0.25) is 0 Å². The third kappa shape index (κ3) is 6.39. The predicted molar refractivity (Wildman–Crippen MR) is 151 cm³/mol. The largest absolute Gasteiger partial charge is 0.359 e. The number of hydrogen-bond donors (Lipinski definition) is 2. The first-order valence-corrected chi connectivity index (χ1v) is 12.2. The molecule has 0 fully saturated rings. The van der Waals surface area contributed by atoms with Crippen molar-refractivity contribution in [2.24, 2.45) is 5.41 Å². The number of hydrogen-bond acceptors (Lipinski definition) is 2. The highest BCUT2D eigenvalue weighted by Crippen LogP contribution is 2.42. The van der Waals surface area contributed by atoms with Crippen LogP contribution in [-0.2, 0) is 0 Å². The fourth-order valence-corrected chi connectivity index (χ4v) is 4.89. The van der Waals surface area contributed by atoms with E-state index < -0.39 is 0 Å². The Labute approximate surface area is 218 Å². The Morgan fingerprint density at radius 2 is 1.35 bits per heavy atom. The first-order chi connectivity index (χ1) is 15.8. The molecule has 5 heteroatoms. The smallest absolute Gasteiger partial charge is 0.0500 e. The van der Waals surface area contributed by atoms with Crippen LogP contribution in [0, 0.1) is 19.3 Å². The van der Waals surface area contributed by atoms with Gasteiger partial charge in [0.25, 0.3) is 0 Å². The molecule has 0 saturated carbocycles. The van der Waals surface area contributed by atoms with E-state index in [-0.39, 0.29) is 11.3 Å². The lowest BCUT2D eigenvalue weighted by Crippen LogP contribution is -2.23. The van der Waals surface area contributed by atoms with Crippen LogP contribution < -0.4 is 10.6 Å². The summed E-state index contributed by atoms with van der Waals surface area (Å²) in [5.74, 6) is -0.0281. The van der Waals surface area contributed by atoms with Gasteiger partial charge in [0.15, 0.2) is 0 Å². The average Bonchev–Trinajstić information content (AvgIpc) is 2.70. The zero-order valence-corrected chi connectivity index (χ0v) is 22.6. The van der Waals surface area contributed by atoms with Crippen molar-refractivity contribution in [3.8, 4) is 0 Å². The Morgan fingerprint density at radius 3 is 1.94 bits per heavy atom. The minimum absolute atomic E-state index is 0.0281. The molecule has 0 bridgehead atoms. The van der Waals surface area contributed by atoms with Crippen LogP contribution in [0.15, 0.2) is 73.5 Å². The number of allylic oxidation sites excluding steroid dienone is 1. The second-order valence-corrected chi connectivity index (χ2v) is 11.0. The minimum Gasteiger partial charge on any atom is -0.359 e. The van der Waals surface area contributed by atoms with E-state index in [0.717, 1.165) is 33.9 Å². The quantitative estimate of drug-likeness (QED) is 0.328. The SMILES string of the molecule is C=C(Nc1ccc(C)c(C)c1)c1cc(NC(=C)C(c2cc(Cl)cc(Cl)c2)C(C)(C)C)ccc1Cl. The van der Waals surface area contributed by atoms with Crippen LogP contribution in [0.4, 0.5) is 11.4 Å². The lowest BCUT2D eigenvalue weighted by atomic mass is 9.74. The molecular weight excluding hydrogens is 483 g/mol. The van der Waals surface area contributed by atoms with Gasteiger partial charge < -0.3 is 10.6 Å². The van der Waals surface area contributed by atoms with Crippen LogP contribution in [0.1, 0.15) is 48.9 Å². The summed E-state index contributed by atoms with van der Waals surface area (Å²) in [7, 11) is 0. The van der Waals surface area contributed by atoms with E-state index in [0.29, 0.717) is 15.1 Å². The Morgan fingerprint density at radius 1 is 0.765 bits per heavy atom. The van der Waals surface area contributed by atoms with Gasteiger partial charge in [0.2, 0.25) is 0 Å². The second kappa shape index (κ2) is 10.5. The van der Waals surface area contributed by atoms with Crippen LogP contribution >= 0.6 is 34.8 Å². The van der Waals surface area contributed by atoms with E-state index in [9.17, 15) is 0 Å². The number of halogens is 3. The van der Waals surface area contributed by atoms with Gasteiger partial charge in [-0.05, 0) is 84.5 Å². The Hall–Kier alpha value is -2.39. The Kier molecular flexibility index (Phi) is 8.08. The van der Waals surface area contributed by atoms with Gasteiger partial charge in [-0.1, -0.05) is 74.8 Å². The zero-order chi connectivity index (χ0) is 25.2. The predicted octanol–water partition coefficient (Wildman–Crippen LogP) is 10.1. The van der Waals surface area contributed by atoms with Gasteiger partial charge >= 0.3 is 0 Å². The molecule has 0 saturated heterocycles. The molecule has 3 aromatic rings. The van der Waals surface area contributed by atoms with Crippen molar-refractivity contribution >= 4 is 51.9 Å². The van der Waals surface area contributed by atoms with E-state index in [1.807, 2.05) is 36.4 Å². The molecule has 1 unspecified atom stereocenters. The molecule has 0 aliphatic heterocycles. The molecule has 2 nitrogen and oxygen atoms in total. The third-order valence-electron chi connectivity index (χ3n) is 5.83. The molecule has 1 atom stereocenters. The van der Waals surface area contributed by atoms with Gasteiger partial charge in [0.1, 0.15) is 0 Å². The Bertz CT molecular complexity index is 1220. The second-order valence-electron chi connectivity index (χ2n) is 9.75. The fourth-order valence-electron chi connectivity index (χ4n) is 4.12. The van der Waals surface area contributed by atoms with E-state index in [4.69, 9.17) is 34.8 Å². The van der Waals surface area contributed by atoms with Crippen molar-refractivity contribution in [2.75, 3.05) is 10.6 Å². The van der Waals surface area contributed by atoms with Crippen molar-refractivity contribution in [3.63, 3.8) is 0 Å². The average molecular weight is 514 g/mol. The Balaban J connectivity index is 1.87. The highest BCUT2D eigenvalue weighted by molar-refractivity contribution is 6.34. The third-order valence-corrected chi connectivity index (χ3v) is 6.60. The lowest BCUT2D eigenvalue weighted by Gasteiger charge is -2.33. The maximum Gasteiger partial charge on any atom is 0.0500 e. The summed E-state index contributed by atoms with van der Waals surface area (Å²) in [6, 6.07) is 17.6. The maximum absolute atomic E-state index is 6.54. The first kappa shape index (κ1) is 26.2. The summed E-state index contributed by atoms with van der Waals surface area (Å²) in [6.45, 7) is 19.3. The lowest BCUT2D eigenvalue weighted by molar-refractivity contribution is 0.356. The number of rotatable bonds is 7. The van der Waals surface area contributed by atoms with Gasteiger partial charge in [-0.25, -0.2) is 0 Å². The van der Waals surface area contributed by atoms with E-state index in [1.165, 1.54) is 11.1 Å². The maximum atomic E-state index is 6.54. The number of nitrogens with one attached hydrogen (secondary N) is 2. The molecule has 0 aromatic heterocycles.